The van der Waals surface area contributed by atoms with Crippen LogP contribution in [0.25, 0.3) is 11.2 Å². The smallest absolute Gasteiger partial charge is 0.382 e. The van der Waals surface area contributed by atoms with Crippen LogP contribution in [0.3, 0.4) is 0 Å². The minimum Gasteiger partial charge on any atom is -0.382 e. The van der Waals surface area contributed by atoms with Crippen molar-refractivity contribution in [3.8, 4) is 12.3 Å². The fourth-order valence-corrected chi connectivity index (χ4v) is 3.65. The van der Waals surface area contributed by atoms with Crippen LogP contribution in [0, 0.1) is 19.3 Å². The first-order valence-corrected chi connectivity index (χ1v) is 8.88. The van der Waals surface area contributed by atoms with Crippen molar-refractivity contribution in [2.45, 2.75) is 42.5 Å². The van der Waals surface area contributed by atoms with Crippen LogP contribution in [0.4, 0.5) is 19.0 Å². The van der Waals surface area contributed by atoms with Gasteiger partial charge in [0.1, 0.15) is 6.33 Å². The summed E-state index contributed by atoms with van der Waals surface area (Å²) in [5.74, 6) is 2.73. The molecule has 2 N–H and O–H groups in total. The quantitative estimate of drug-likeness (QED) is 0.519. The Morgan fingerprint density at radius 2 is 2.07 bits per heavy atom. The molecule has 0 amide bonds. The molecule has 0 saturated heterocycles. The molecule has 27 heavy (non-hydrogen) atoms. The summed E-state index contributed by atoms with van der Waals surface area (Å²) in [5, 5.41) is 0.364. The van der Waals surface area contributed by atoms with Gasteiger partial charge in [-0.05, 0) is 25.5 Å². The van der Waals surface area contributed by atoms with Gasteiger partial charge >= 0.3 is 6.18 Å². The first-order valence-electron chi connectivity index (χ1n) is 8.07. The molecule has 0 fully saturated rings. The molecule has 0 unspecified atom stereocenters. The van der Waals surface area contributed by atoms with Gasteiger partial charge in [-0.3, -0.25) is 0 Å². The number of rotatable bonds is 5. The predicted molar refractivity (Wildman–Crippen MR) is 98.1 cm³/mol. The molecule has 2 heterocycles. The SMILES string of the molecule is C#CCCCn1c(Sc2ccc(C)cc2C(F)(F)F)nc2c(N)ncnc21. The van der Waals surface area contributed by atoms with Crippen molar-refractivity contribution in [3.63, 3.8) is 0 Å². The molecule has 0 radical (unpaired) electrons. The summed E-state index contributed by atoms with van der Waals surface area (Å²) < 4.78 is 42.1. The number of hydrogen-bond acceptors (Lipinski definition) is 5. The highest BCUT2D eigenvalue weighted by molar-refractivity contribution is 7.99. The van der Waals surface area contributed by atoms with Gasteiger partial charge in [-0.15, -0.1) is 12.3 Å². The van der Waals surface area contributed by atoms with Crippen LogP contribution >= 0.6 is 11.8 Å². The maximum absolute atomic E-state index is 13.4. The Labute approximate surface area is 158 Å². The van der Waals surface area contributed by atoms with E-state index in [1.807, 2.05) is 0 Å². The largest absolute Gasteiger partial charge is 0.417 e. The van der Waals surface area contributed by atoms with Gasteiger partial charge in [-0.25, -0.2) is 15.0 Å². The second-order valence-corrected chi connectivity index (χ2v) is 6.89. The van der Waals surface area contributed by atoms with Crippen molar-refractivity contribution in [1.29, 1.82) is 0 Å². The number of aromatic nitrogens is 4. The molecule has 5 nitrogen and oxygen atoms in total. The zero-order valence-electron chi connectivity index (χ0n) is 14.4. The second-order valence-electron chi connectivity index (χ2n) is 5.88. The number of terminal acetylenes is 1. The van der Waals surface area contributed by atoms with E-state index >= 15 is 0 Å². The van der Waals surface area contributed by atoms with Crippen molar-refractivity contribution < 1.29 is 13.2 Å². The van der Waals surface area contributed by atoms with Gasteiger partial charge in [-0.2, -0.15) is 13.2 Å². The number of halogens is 3. The average Bonchev–Trinajstić information content (AvgIpc) is 2.95. The summed E-state index contributed by atoms with van der Waals surface area (Å²) in [7, 11) is 0. The zero-order chi connectivity index (χ0) is 19.6. The molecular weight excluding hydrogens is 375 g/mol. The van der Waals surface area contributed by atoms with Crippen molar-refractivity contribution >= 4 is 28.7 Å². The molecule has 3 aromatic rings. The molecule has 1 aromatic carbocycles. The van der Waals surface area contributed by atoms with E-state index in [1.54, 1.807) is 17.6 Å². The van der Waals surface area contributed by atoms with E-state index in [0.29, 0.717) is 41.3 Å². The standard InChI is InChI=1S/C18H16F3N5S/c1-3-4-5-8-26-16-14(15(22)23-10-24-16)25-17(26)27-13-7-6-11(2)9-12(13)18(19,20)21/h1,6-7,9-10H,4-5,8H2,2H3,(H2,22,23,24). The summed E-state index contributed by atoms with van der Waals surface area (Å²) in [6.07, 6.45) is 3.31. The van der Waals surface area contributed by atoms with Crippen LogP contribution in [0.15, 0.2) is 34.6 Å². The Bertz CT molecular complexity index is 1020. The van der Waals surface area contributed by atoms with E-state index in [-0.39, 0.29) is 10.7 Å². The number of alkyl halides is 3. The van der Waals surface area contributed by atoms with Crippen LogP contribution in [-0.2, 0) is 12.7 Å². The van der Waals surface area contributed by atoms with E-state index in [9.17, 15) is 13.2 Å². The third-order valence-electron chi connectivity index (χ3n) is 3.87. The topological polar surface area (TPSA) is 69.6 Å². The number of aryl methyl sites for hydroxylation is 2. The number of hydrogen-bond donors (Lipinski definition) is 1. The fourth-order valence-electron chi connectivity index (χ4n) is 2.61. The Hall–Kier alpha value is -2.73. The third kappa shape index (κ3) is 4.01. The summed E-state index contributed by atoms with van der Waals surface area (Å²) in [4.78, 5) is 12.5. The highest BCUT2D eigenvalue weighted by Gasteiger charge is 2.34. The Morgan fingerprint density at radius 3 is 2.78 bits per heavy atom. The first kappa shape index (κ1) is 19.0. The van der Waals surface area contributed by atoms with E-state index in [0.717, 1.165) is 17.8 Å². The maximum atomic E-state index is 13.4. The lowest BCUT2D eigenvalue weighted by Crippen LogP contribution is -2.08. The van der Waals surface area contributed by atoms with E-state index in [4.69, 9.17) is 12.2 Å². The number of fused-ring (bicyclic) bond motifs is 1. The van der Waals surface area contributed by atoms with Crippen LogP contribution in [0.5, 0.6) is 0 Å². The number of unbranched alkanes of at least 4 members (excludes halogenated alkanes) is 1. The molecule has 0 spiro atoms. The molecule has 140 valence electrons. The second kappa shape index (κ2) is 7.48. The van der Waals surface area contributed by atoms with Crippen molar-refractivity contribution in [3.05, 3.63) is 35.7 Å². The number of anilines is 1. The molecule has 0 aliphatic carbocycles. The maximum Gasteiger partial charge on any atom is 0.417 e. The minimum absolute atomic E-state index is 0.0631. The average molecular weight is 391 g/mol. The van der Waals surface area contributed by atoms with Crippen molar-refractivity contribution in [2.24, 2.45) is 0 Å². The lowest BCUT2D eigenvalue weighted by atomic mass is 10.1. The first-order chi connectivity index (χ1) is 12.8. The molecule has 3 rings (SSSR count). The molecule has 0 saturated carbocycles. The van der Waals surface area contributed by atoms with Gasteiger partial charge in [0.15, 0.2) is 22.1 Å². The lowest BCUT2D eigenvalue weighted by molar-refractivity contribution is -0.139. The van der Waals surface area contributed by atoms with Crippen LogP contribution in [0.2, 0.25) is 0 Å². The van der Waals surface area contributed by atoms with Crippen molar-refractivity contribution in [2.75, 3.05) is 5.73 Å². The summed E-state index contributed by atoms with van der Waals surface area (Å²) in [6.45, 7) is 2.09. The third-order valence-corrected chi connectivity index (χ3v) is 4.94. The van der Waals surface area contributed by atoms with Crippen LogP contribution in [-0.4, -0.2) is 19.5 Å². The molecule has 0 atom stereocenters. The number of nitrogens with zero attached hydrogens (tertiary/aromatic N) is 4. The predicted octanol–water partition coefficient (Wildman–Crippen LogP) is 4.30. The molecule has 0 aliphatic heterocycles. The minimum atomic E-state index is -4.46. The monoisotopic (exact) mass is 391 g/mol. The number of benzene rings is 1. The number of imidazole rings is 1. The van der Waals surface area contributed by atoms with Gasteiger partial charge in [0.25, 0.3) is 0 Å². The van der Waals surface area contributed by atoms with E-state index in [2.05, 4.69) is 20.9 Å². The normalized spacial score (nSPS) is 11.7. The van der Waals surface area contributed by atoms with Gasteiger partial charge < -0.3 is 10.3 Å². The summed E-state index contributed by atoms with van der Waals surface area (Å²) >= 11 is 0.926. The Morgan fingerprint density at radius 1 is 1.30 bits per heavy atom. The van der Waals surface area contributed by atoms with Crippen molar-refractivity contribution in [1.82, 2.24) is 19.5 Å². The van der Waals surface area contributed by atoms with Gasteiger partial charge in [-0.1, -0.05) is 23.4 Å². The van der Waals surface area contributed by atoms with E-state index in [1.165, 1.54) is 12.4 Å². The summed E-state index contributed by atoms with van der Waals surface area (Å²) in [5.41, 5.74) is 6.53. The number of nitrogen functional groups attached to an aromatic ring is 1. The molecule has 0 bridgehead atoms. The van der Waals surface area contributed by atoms with Gasteiger partial charge in [0.2, 0.25) is 0 Å². The number of nitrogens with two attached hydrogens (primary N) is 1. The van der Waals surface area contributed by atoms with E-state index < -0.39 is 11.7 Å². The van der Waals surface area contributed by atoms with Crippen LogP contribution in [0.1, 0.15) is 24.0 Å². The fraction of sp³-hybridized carbons (Fsp3) is 0.278. The molecular formula is C18H16F3N5S. The highest BCUT2D eigenvalue weighted by Crippen LogP contribution is 2.40. The van der Waals surface area contributed by atoms with Gasteiger partial charge in [0.05, 0.1) is 5.56 Å². The Balaban J connectivity index is 2.08. The molecule has 0 aliphatic rings. The zero-order valence-corrected chi connectivity index (χ0v) is 15.2. The summed E-state index contributed by atoms with van der Waals surface area (Å²) in [6, 6.07) is 4.21. The molecule has 2 aromatic heterocycles. The van der Waals surface area contributed by atoms with Crippen LogP contribution < -0.4 is 5.73 Å². The Kier molecular flexibility index (Phi) is 5.28. The lowest BCUT2D eigenvalue weighted by Gasteiger charge is -2.14. The molecule has 9 heteroatoms. The van der Waals surface area contributed by atoms with Gasteiger partial charge in [0, 0.05) is 17.9 Å². The highest BCUT2D eigenvalue weighted by atomic mass is 32.2.